The molecule has 7 heteroatoms. The van der Waals surface area contributed by atoms with Gasteiger partial charge in [-0.2, -0.15) is 8.42 Å². The molecule has 0 amide bonds. The highest BCUT2D eigenvalue weighted by atomic mass is 32.2. The SMILES string of the molecule is COc1ccc(/C=C2\Oc3cc(OS(=O)(=O)c4ccccc4)ccc3C2=O)cc1. The highest BCUT2D eigenvalue weighted by Crippen LogP contribution is 2.35. The van der Waals surface area contributed by atoms with Gasteiger partial charge >= 0.3 is 10.1 Å². The fourth-order valence-corrected chi connectivity index (χ4v) is 3.78. The monoisotopic (exact) mass is 408 g/mol. The standard InChI is InChI=1S/C22H16O6S/c1-26-16-9-7-15(8-10-16)13-21-22(23)19-12-11-17(14-20(19)27-21)28-29(24,25)18-5-3-2-4-6-18/h2-14H,1H3/b21-13-. The maximum Gasteiger partial charge on any atom is 0.339 e. The van der Waals surface area contributed by atoms with E-state index in [1.165, 1.54) is 30.3 Å². The number of fused-ring (bicyclic) bond motifs is 1. The van der Waals surface area contributed by atoms with Crippen LogP contribution in [0.2, 0.25) is 0 Å². The maximum atomic E-state index is 12.6. The summed E-state index contributed by atoms with van der Waals surface area (Å²) in [6.45, 7) is 0. The van der Waals surface area contributed by atoms with E-state index in [9.17, 15) is 13.2 Å². The average molecular weight is 408 g/mol. The summed E-state index contributed by atoms with van der Waals surface area (Å²) in [5.74, 6) is 0.874. The van der Waals surface area contributed by atoms with Crippen LogP contribution in [-0.4, -0.2) is 21.3 Å². The highest BCUT2D eigenvalue weighted by Gasteiger charge is 2.28. The summed E-state index contributed by atoms with van der Waals surface area (Å²) in [5.41, 5.74) is 1.11. The number of benzene rings is 3. The smallest absolute Gasteiger partial charge is 0.339 e. The van der Waals surface area contributed by atoms with E-state index in [2.05, 4.69) is 0 Å². The van der Waals surface area contributed by atoms with Gasteiger partial charge in [-0.05, 0) is 48.0 Å². The first kappa shape index (κ1) is 18.8. The zero-order valence-corrected chi connectivity index (χ0v) is 16.2. The van der Waals surface area contributed by atoms with Crippen molar-refractivity contribution in [2.75, 3.05) is 7.11 Å². The van der Waals surface area contributed by atoms with Crippen molar-refractivity contribution in [1.29, 1.82) is 0 Å². The Balaban J connectivity index is 1.58. The number of Topliss-reactive ketones (excluding diaryl/α,β-unsaturated/α-hetero) is 1. The summed E-state index contributed by atoms with van der Waals surface area (Å²) < 4.78 is 40.7. The molecule has 0 atom stereocenters. The van der Waals surface area contributed by atoms with Crippen LogP contribution in [0, 0.1) is 0 Å². The van der Waals surface area contributed by atoms with E-state index in [0.717, 1.165) is 5.56 Å². The third kappa shape index (κ3) is 3.86. The minimum absolute atomic E-state index is 0.0394. The first-order chi connectivity index (χ1) is 14.0. The minimum Gasteiger partial charge on any atom is -0.497 e. The molecule has 6 nitrogen and oxygen atoms in total. The Morgan fingerprint density at radius 1 is 0.897 bits per heavy atom. The zero-order chi connectivity index (χ0) is 20.4. The van der Waals surface area contributed by atoms with Crippen LogP contribution in [0.3, 0.4) is 0 Å². The van der Waals surface area contributed by atoms with E-state index in [4.69, 9.17) is 13.7 Å². The summed E-state index contributed by atoms with van der Waals surface area (Å²) in [5, 5.41) is 0. The van der Waals surface area contributed by atoms with Crippen molar-refractivity contribution in [2.24, 2.45) is 0 Å². The van der Waals surface area contributed by atoms with Crippen molar-refractivity contribution in [3.8, 4) is 17.2 Å². The van der Waals surface area contributed by atoms with Crippen LogP contribution < -0.4 is 13.7 Å². The molecule has 0 N–H and O–H groups in total. The Bertz CT molecular complexity index is 1200. The molecule has 1 aliphatic heterocycles. The average Bonchev–Trinajstić information content (AvgIpc) is 3.03. The number of rotatable bonds is 5. The van der Waals surface area contributed by atoms with Crippen LogP contribution in [0.1, 0.15) is 15.9 Å². The van der Waals surface area contributed by atoms with Crippen LogP contribution in [-0.2, 0) is 10.1 Å². The molecule has 0 bridgehead atoms. The van der Waals surface area contributed by atoms with E-state index in [1.54, 1.807) is 55.7 Å². The summed E-state index contributed by atoms with van der Waals surface area (Å²) in [4.78, 5) is 12.6. The van der Waals surface area contributed by atoms with Gasteiger partial charge in [0.25, 0.3) is 0 Å². The fraction of sp³-hybridized carbons (Fsp3) is 0.0455. The van der Waals surface area contributed by atoms with Gasteiger partial charge in [0.2, 0.25) is 5.78 Å². The third-order valence-corrected chi connectivity index (χ3v) is 5.55. The molecule has 3 aromatic carbocycles. The maximum absolute atomic E-state index is 12.6. The molecule has 0 saturated heterocycles. The van der Waals surface area contributed by atoms with Crippen LogP contribution in [0.5, 0.6) is 17.2 Å². The van der Waals surface area contributed by atoms with Crippen molar-refractivity contribution >= 4 is 22.0 Å². The number of hydrogen-bond acceptors (Lipinski definition) is 6. The van der Waals surface area contributed by atoms with Gasteiger partial charge in [-0.15, -0.1) is 0 Å². The Hall–Kier alpha value is -3.58. The van der Waals surface area contributed by atoms with E-state index >= 15 is 0 Å². The summed E-state index contributed by atoms with van der Waals surface area (Å²) >= 11 is 0. The molecule has 29 heavy (non-hydrogen) atoms. The Morgan fingerprint density at radius 3 is 2.28 bits per heavy atom. The van der Waals surface area contributed by atoms with Crippen LogP contribution >= 0.6 is 0 Å². The molecule has 146 valence electrons. The van der Waals surface area contributed by atoms with Crippen molar-refractivity contribution in [1.82, 2.24) is 0 Å². The molecule has 0 aliphatic carbocycles. The Kier molecular flexibility index (Phi) is 4.82. The van der Waals surface area contributed by atoms with Gasteiger partial charge in [-0.1, -0.05) is 30.3 Å². The highest BCUT2D eigenvalue weighted by molar-refractivity contribution is 7.87. The molecule has 0 saturated carbocycles. The second-order valence-electron chi connectivity index (χ2n) is 6.22. The molecular weight excluding hydrogens is 392 g/mol. The molecule has 1 aliphatic rings. The molecule has 0 fully saturated rings. The second-order valence-corrected chi connectivity index (χ2v) is 7.77. The molecule has 0 spiro atoms. The molecular formula is C22H16O6S. The van der Waals surface area contributed by atoms with E-state index in [-0.39, 0.29) is 27.9 Å². The number of allylic oxidation sites excluding steroid dienone is 1. The normalized spacial score (nSPS) is 14.4. The number of carbonyl (C=O) groups excluding carboxylic acids is 1. The van der Waals surface area contributed by atoms with Gasteiger partial charge in [0.1, 0.15) is 22.1 Å². The van der Waals surface area contributed by atoms with Gasteiger partial charge < -0.3 is 13.7 Å². The topological polar surface area (TPSA) is 78.9 Å². The lowest BCUT2D eigenvalue weighted by Gasteiger charge is -2.07. The molecule has 0 unspecified atom stereocenters. The van der Waals surface area contributed by atoms with E-state index in [1.807, 2.05) is 0 Å². The number of carbonyl (C=O) groups is 1. The largest absolute Gasteiger partial charge is 0.497 e. The van der Waals surface area contributed by atoms with E-state index in [0.29, 0.717) is 11.3 Å². The van der Waals surface area contributed by atoms with Gasteiger partial charge in [0, 0.05) is 6.07 Å². The molecule has 0 radical (unpaired) electrons. The number of ketones is 1. The summed E-state index contributed by atoms with van der Waals surface area (Å²) in [7, 11) is -2.41. The lowest BCUT2D eigenvalue weighted by atomic mass is 10.1. The Labute approximate surface area is 168 Å². The number of hydrogen-bond donors (Lipinski definition) is 0. The van der Waals surface area contributed by atoms with Gasteiger partial charge in [-0.3, -0.25) is 4.79 Å². The minimum atomic E-state index is -3.98. The predicted molar refractivity (Wildman–Crippen MR) is 107 cm³/mol. The van der Waals surface area contributed by atoms with Gasteiger partial charge in [-0.25, -0.2) is 0 Å². The molecule has 3 aromatic rings. The van der Waals surface area contributed by atoms with Crippen molar-refractivity contribution < 1.29 is 26.9 Å². The van der Waals surface area contributed by atoms with Crippen LogP contribution in [0.4, 0.5) is 0 Å². The molecule has 4 rings (SSSR count). The van der Waals surface area contributed by atoms with Crippen molar-refractivity contribution in [3.63, 3.8) is 0 Å². The Morgan fingerprint density at radius 2 is 1.59 bits per heavy atom. The number of methoxy groups -OCH3 is 1. The van der Waals surface area contributed by atoms with Crippen molar-refractivity contribution in [3.05, 3.63) is 89.7 Å². The summed E-state index contributed by atoms with van der Waals surface area (Å²) in [6.07, 6.45) is 1.61. The first-order valence-corrected chi connectivity index (χ1v) is 10.1. The number of ether oxygens (including phenoxy) is 2. The van der Waals surface area contributed by atoms with Gasteiger partial charge in [0.05, 0.1) is 12.7 Å². The fourth-order valence-electron chi connectivity index (χ4n) is 2.83. The molecule has 0 aromatic heterocycles. The van der Waals surface area contributed by atoms with Crippen molar-refractivity contribution in [2.45, 2.75) is 4.90 Å². The quantitative estimate of drug-likeness (QED) is 0.468. The van der Waals surface area contributed by atoms with Gasteiger partial charge in [0.15, 0.2) is 5.76 Å². The second kappa shape index (κ2) is 7.44. The van der Waals surface area contributed by atoms with E-state index < -0.39 is 10.1 Å². The molecule has 1 heterocycles. The van der Waals surface area contributed by atoms with Crippen LogP contribution in [0.25, 0.3) is 6.08 Å². The third-order valence-electron chi connectivity index (χ3n) is 4.29. The first-order valence-electron chi connectivity index (χ1n) is 8.68. The lowest BCUT2D eigenvalue weighted by molar-refractivity contribution is 0.101. The van der Waals surface area contributed by atoms with Crippen LogP contribution in [0.15, 0.2) is 83.5 Å². The zero-order valence-electron chi connectivity index (χ0n) is 15.4. The predicted octanol–water partition coefficient (Wildman–Crippen LogP) is 4.08. The summed E-state index contributed by atoms with van der Waals surface area (Å²) in [6, 6.07) is 19.3. The lowest BCUT2D eigenvalue weighted by Crippen LogP contribution is -2.09.